The Morgan fingerprint density at radius 2 is 2.20 bits per heavy atom. The summed E-state index contributed by atoms with van der Waals surface area (Å²) in [6.45, 7) is 7.63. The molecule has 1 N–H and O–H groups in total. The largest absolute Gasteiger partial charge is 0.450 e. The number of hydrogen-bond donors (Lipinski definition) is 1. The maximum atomic E-state index is 11.6. The zero-order chi connectivity index (χ0) is 14.4. The minimum atomic E-state index is -0.185. The number of nitrogens with zero attached hydrogens (tertiary/aromatic N) is 3. The van der Waals surface area contributed by atoms with Crippen LogP contribution < -0.4 is 5.32 Å². The Labute approximate surface area is 120 Å². The number of aryl methyl sites for hydroxylation is 1. The Balaban J connectivity index is 1.70. The van der Waals surface area contributed by atoms with Crippen molar-refractivity contribution in [2.45, 2.75) is 45.8 Å². The molecular weight excluding hydrogens is 256 g/mol. The van der Waals surface area contributed by atoms with Gasteiger partial charge in [0.25, 0.3) is 0 Å². The fourth-order valence-corrected chi connectivity index (χ4v) is 2.41. The first-order chi connectivity index (χ1) is 9.72. The topological polar surface area (TPSA) is 59.4 Å². The van der Waals surface area contributed by atoms with E-state index in [1.807, 2.05) is 17.8 Å². The third-order valence-electron chi connectivity index (χ3n) is 3.63. The van der Waals surface area contributed by atoms with Crippen LogP contribution in [0, 0.1) is 0 Å². The highest BCUT2D eigenvalue weighted by atomic mass is 16.6. The zero-order valence-corrected chi connectivity index (χ0v) is 12.3. The maximum Gasteiger partial charge on any atom is 0.409 e. The lowest BCUT2D eigenvalue weighted by Crippen LogP contribution is -2.44. The highest BCUT2D eigenvalue weighted by Crippen LogP contribution is 2.12. The smallest absolute Gasteiger partial charge is 0.409 e. The third kappa shape index (κ3) is 3.96. The molecule has 20 heavy (non-hydrogen) atoms. The summed E-state index contributed by atoms with van der Waals surface area (Å²) >= 11 is 0. The summed E-state index contributed by atoms with van der Waals surface area (Å²) in [7, 11) is 0. The molecule has 0 saturated carbocycles. The third-order valence-corrected chi connectivity index (χ3v) is 3.63. The number of carbonyl (C=O) groups is 1. The monoisotopic (exact) mass is 280 g/mol. The molecule has 1 aromatic heterocycles. The Morgan fingerprint density at radius 3 is 2.80 bits per heavy atom. The van der Waals surface area contributed by atoms with Crippen molar-refractivity contribution in [1.29, 1.82) is 0 Å². The molecule has 1 aliphatic heterocycles. The maximum absolute atomic E-state index is 11.6. The highest BCUT2D eigenvalue weighted by molar-refractivity contribution is 5.67. The van der Waals surface area contributed by atoms with Gasteiger partial charge in [-0.25, -0.2) is 4.79 Å². The van der Waals surface area contributed by atoms with Crippen LogP contribution in [0.5, 0.6) is 0 Å². The molecule has 1 aromatic rings. The van der Waals surface area contributed by atoms with Gasteiger partial charge in [-0.2, -0.15) is 5.10 Å². The molecule has 0 aromatic carbocycles. The van der Waals surface area contributed by atoms with Crippen molar-refractivity contribution in [2.24, 2.45) is 0 Å². The lowest BCUT2D eigenvalue weighted by molar-refractivity contribution is 0.0950. The fourth-order valence-electron chi connectivity index (χ4n) is 2.41. The van der Waals surface area contributed by atoms with Gasteiger partial charge in [0.1, 0.15) is 0 Å². The molecule has 0 aliphatic carbocycles. The van der Waals surface area contributed by atoms with E-state index < -0.39 is 0 Å². The van der Waals surface area contributed by atoms with E-state index in [9.17, 15) is 4.79 Å². The molecule has 2 heterocycles. The molecule has 112 valence electrons. The molecule has 6 heteroatoms. The van der Waals surface area contributed by atoms with Crippen LogP contribution in [0.3, 0.4) is 0 Å². The average Bonchev–Trinajstić information content (AvgIpc) is 2.94. The Morgan fingerprint density at radius 1 is 1.45 bits per heavy atom. The van der Waals surface area contributed by atoms with Crippen LogP contribution in [0.25, 0.3) is 0 Å². The first kappa shape index (κ1) is 14.8. The molecular formula is C14H24N4O2. The minimum Gasteiger partial charge on any atom is -0.450 e. The van der Waals surface area contributed by atoms with Crippen molar-refractivity contribution in [1.82, 2.24) is 20.0 Å². The predicted molar refractivity (Wildman–Crippen MR) is 76.4 cm³/mol. The van der Waals surface area contributed by atoms with Crippen molar-refractivity contribution in [3.8, 4) is 0 Å². The van der Waals surface area contributed by atoms with Crippen LogP contribution in [-0.2, 0) is 17.8 Å². The van der Waals surface area contributed by atoms with Gasteiger partial charge in [0.2, 0.25) is 0 Å². The van der Waals surface area contributed by atoms with E-state index in [1.54, 1.807) is 4.90 Å². The number of piperidine rings is 1. The summed E-state index contributed by atoms with van der Waals surface area (Å²) in [5.41, 5.74) is 1.21. The normalized spacial score (nSPS) is 16.4. The van der Waals surface area contributed by atoms with Gasteiger partial charge in [0, 0.05) is 44.0 Å². The van der Waals surface area contributed by atoms with Crippen LogP contribution in [0.4, 0.5) is 4.79 Å². The Bertz CT molecular complexity index is 425. The molecule has 1 amide bonds. The van der Waals surface area contributed by atoms with Crippen LogP contribution in [0.2, 0.25) is 0 Å². The molecule has 0 bridgehead atoms. The van der Waals surface area contributed by atoms with Gasteiger partial charge in [-0.15, -0.1) is 0 Å². The zero-order valence-electron chi connectivity index (χ0n) is 12.3. The van der Waals surface area contributed by atoms with Gasteiger partial charge in [0.05, 0.1) is 12.8 Å². The fraction of sp³-hybridized carbons (Fsp3) is 0.714. The van der Waals surface area contributed by atoms with Crippen LogP contribution in [-0.4, -0.2) is 46.5 Å². The molecule has 6 nitrogen and oxygen atoms in total. The quantitative estimate of drug-likeness (QED) is 0.890. The molecule has 1 saturated heterocycles. The summed E-state index contributed by atoms with van der Waals surface area (Å²) in [5.74, 6) is 0. The number of amides is 1. The van der Waals surface area contributed by atoms with Gasteiger partial charge in [0.15, 0.2) is 0 Å². The number of carbonyl (C=O) groups excluding carboxylic acids is 1. The molecule has 1 fully saturated rings. The Kier molecular flexibility index (Phi) is 5.40. The van der Waals surface area contributed by atoms with Crippen molar-refractivity contribution < 1.29 is 9.53 Å². The number of hydrogen-bond acceptors (Lipinski definition) is 4. The van der Waals surface area contributed by atoms with E-state index >= 15 is 0 Å². The highest BCUT2D eigenvalue weighted by Gasteiger charge is 2.23. The Hall–Kier alpha value is -1.56. The standard InChI is InChI=1S/C14H24N4O2/c1-3-18-11-12(10-16-18)9-15-13-5-7-17(8-6-13)14(19)20-4-2/h10-11,13,15H,3-9H2,1-2H3. The molecule has 0 atom stereocenters. The van der Waals surface area contributed by atoms with Crippen molar-refractivity contribution in [3.63, 3.8) is 0 Å². The average molecular weight is 280 g/mol. The van der Waals surface area contributed by atoms with E-state index in [1.165, 1.54) is 5.56 Å². The van der Waals surface area contributed by atoms with Gasteiger partial charge in [-0.3, -0.25) is 4.68 Å². The second-order valence-corrected chi connectivity index (χ2v) is 5.05. The van der Waals surface area contributed by atoms with E-state index in [4.69, 9.17) is 4.74 Å². The number of ether oxygens (including phenoxy) is 1. The number of nitrogens with one attached hydrogen (secondary N) is 1. The van der Waals surface area contributed by atoms with E-state index in [2.05, 4.69) is 23.5 Å². The second kappa shape index (κ2) is 7.28. The lowest BCUT2D eigenvalue weighted by atomic mass is 10.1. The van der Waals surface area contributed by atoms with Crippen molar-refractivity contribution >= 4 is 6.09 Å². The summed E-state index contributed by atoms with van der Waals surface area (Å²) in [6.07, 6.45) is 5.74. The van der Waals surface area contributed by atoms with Crippen LogP contribution in [0.1, 0.15) is 32.3 Å². The summed E-state index contributed by atoms with van der Waals surface area (Å²) < 4.78 is 6.95. The van der Waals surface area contributed by atoms with Crippen molar-refractivity contribution in [2.75, 3.05) is 19.7 Å². The van der Waals surface area contributed by atoms with Crippen LogP contribution >= 0.6 is 0 Å². The summed E-state index contributed by atoms with van der Waals surface area (Å²) in [6, 6.07) is 0.464. The van der Waals surface area contributed by atoms with Gasteiger partial charge in [-0.05, 0) is 26.7 Å². The van der Waals surface area contributed by atoms with Gasteiger partial charge in [-0.1, -0.05) is 0 Å². The number of likely N-dealkylation sites (tertiary alicyclic amines) is 1. The number of aromatic nitrogens is 2. The molecule has 0 radical (unpaired) electrons. The molecule has 0 unspecified atom stereocenters. The lowest BCUT2D eigenvalue weighted by Gasteiger charge is -2.31. The van der Waals surface area contributed by atoms with E-state index in [0.29, 0.717) is 12.6 Å². The second-order valence-electron chi connectivity index (χ2n) is 5.05. The van der Waals surface area contributed by atoms with E-state index in [-0.39, 0.29) is 6.09 Å². The summed E-state index contributed by atoms with van der Waals surface area (Å²) in [4.78, 5) is 13.4. The molecule has 1 aliphatic rings. The first-order valence-electron chi connectivity index (χ1n) is 7.39. The molecule has 2 rings (SSSR count). The minimum absolute atomic E-state index is 0.185. The summed E-state index contributed by atoms with van der Waals surface area (Å²) in [5, 5.41) is 7.80. The first-order valence-corrected chi connectivity index (χ1v) is 7.39. The van der Waals surface area contributed by atoms with Crippen LogP contribution in [0.15, 0.2) is 12.4 Å². The van der Waals surface area contributed by atoms with Crippen molar-refractivity contribution in [3.05, 3.63) is 18.0 Å². The molecule has 0 spiro atoms. The predicted octanol–water partition coefficient (Wildman–Crippen LogP) is 1.61. The van der Waals surface area contributed by atoms with E-state index in [0.717, 1.165) is 39.0 Å². The number of rotatable bonds is 5. The van der Waals surface area contributed by atoms with Gasteiger partial charge >= 0.3 is 6.09 Å². The van der Waals surface area contributed by atoms with Gasteiger partial charge < -0.3 is 15.0 Å². The SMILES string of the molecule is CCOC(=O)N1CCC(NCc2cnn(CC)c2)CC1.